The molecule has 1 unspecified atom stereocenters. The second kappa shape index (κ2) is 22.8. The smallest absolute Gasteiger partial charge is 0.381 e. The van der Waals surface area contributed by atoms with E-state index < -0.39 is 7.82 Å². The Morgan fingerprint density at radius 3 is 1.73 bits per heavy atom. The summed E-state index contributed by atoms with van der Waals surface area (Å²) in [6, 6.07) is 0. The van der Waals surface area contributed by atoms with Gasteiger partial charge in [0, 0.05) is 13.2 Å². The van der Waals surface area contributed by atoms with E-state index in [9.17, 15) is 9.46 Å². The highest BCUT2D eigenvalue weighted by Gasteiger charge is 2.21. The van der Waals surface area contributed by atoms with Crippen molar-refractivity contribution >= 4 is 19.6 Å². The van der Waals surface area contributed by atoms with E-state index in [-0.39, 0.29) is 13.2 Å². The van der Waals surface area contributed by atoms with E-state index in [4.69, 9.17) is 13.8 Å². The summed E-state index contributed by atoms with van der Waals surface area (Å²) in [4.78, 5) is 9.66. The number of hydrogen-bond donors (Lipinski definition) is 1. The van der Waals surface area contributed by atoms with Gasteiger partial charge in [0.1, 0.15) is 13.2 Å². The zero-order valence-electron chi connectivity index (χ0n) is 22.2. The van der Waals surface area contributed by atoms with Crippen molar-refractivity contribution in [3.05, 3.63) is 0 Å². The first-order valence-corrected chi connectivity index (χ1v) is 16.0. The second-order valence-corrected chi connectivity index (χ2v) is 12.6. The summed E-state index contributed by atoms with van der Waals surface area (Å²) in [5.41, 5.74) is 0. The molecule has 1 N–H and O–H groups in total. The first-order valence-electron chi connectivity index (χ1n) is 13.3. The van der Waals surface area contributed by atoms with Crippen LogP contribution in [0, 0.1) is 0 Å². The van der Waals surface area contributed by atoms with E-state index in [1.165, 1.54) is 83.5 Å². The van der Waals surface area contributed by atoms with Gasteiger partial charge in [-0.15, -0.1) is 0 Å². The fourth-order valence-electron chi connectivity index (χ4n) is 3.29. The van der Waals surface area contributed by atoms with E-state index in [0.717, 1.165) is 31.1 Å². The molecule has 0 radical (unpaired) electrons. The lowest BCUT2D eigenvalue weighted by Crippen LogP contribution is -2.37. The summed E-state index contributed by atoms with van der Waals surface area (Å²) in [5, 5.41) is 0. The molecular weight excluding hydrogens is 457 g/mol. The maximum Gasteiger partial charge on any atom is 0.472 e. The normalized spacial score (nSPS) is 14.0. The van der Waals surface area contributed by atoms with Gasteiger partial charge >= 0.3 is 7.82 Å². The van der Waals surface area contributed by atoms with E-state index in [1.54, 1.807) is 0 Å². The third-order valence-electron chi connectivity index (χ3n) is 5.42. The highest BCUT2D eigenvalue weighted by Crippen LogP contribution is 2.43. The summed E-state index contributed by atoms with van der Waals surface area (Å²) in [7, 11) is 2.13. The Balaban J connectivity index is 3.23. The Bertz CT molecular complexity index is 463. The Kier molecular flexibility index (Phi) is 23.1. The molecule has 0 rings (SSSR count). The van der Waals surface area contributed by atoms with Crippen LogP contribution in [-0.2, 0) is 18.3 Å². The highest BCUT2D eigenvalue weighted by atomic mass is 32.2. The number of rotatable bonds is 26. The molecule has 8 heteroatoms. The first kappa shape index (κ1) is 33.4. The van der Waals surface area contributed by atoms with Crippen molar-refractivity contribution in [3.8, 4) is 0 Å². The summed E-state index contributed by atoms with van der Waals surface area (Å²) in [6.07, 6.45) is 17.8. The number of thioether (sulfide) groups is 1. The lowest BCUT2D eigenvalue weighted by molar-refractivity contribution is -0.870. The van der Waals surface area contributed by atoms with Crippen LogP contribution in [0.25, 0.3) is 0 Å². The van der Waals surface area contributed by atoms with Gasteiger partial charge in [0.2, 0.25) is 0 Å². The molecule has 0 aliphatic rings. The van der Waals surface area contributed by atoms with Crippen LogP contribution in [0.2, 0.25) is 0 Å². The molecule has 0 aromatic rings. The van der Waals surface area contributed by atoms with Crippen molar-refractivity contribution < 1.29 is 27.7 Å². The number of unbranched alkanes of at least 4 members (excludes halogenated alkanes) is 11. The minimum atomic E-state index is -3.90. The van der Waals surface area contributed by atoms with Gasteiger partial charge in [-0.25, -0.2) is 4.57 Å². The Morgan fingerprint density at radius 1 is 0.667 bits per heavy atom. The van der Waals surface area contributed by atoms with Crippen molar-refractivity contribution in [3.63, 3.8) is 0 Å². The molecule has 0 aromatic carbocycles. The maximum absolute atomic E-state index is 11.8. The van der Waals surface area contributed by atoms with E-state index >= 15 is 0 Å². The van der Waals surface area contributed by atoms with Gasteiger partial charge in [0.25, 0.3) is 0 Å². The predicted octanol–water partition coefficient (Wildman–Crippen LogP) is 7.06. The molecule has 0 aliphatic carbocycles. The molecule has 0 bridgehead atoms. The lowest BCUT2D eigenvalue weighted by Gasteiger charge is -2.24. The maximum atomic E-state index is 11.8. The molecule has 200 valence electrons. The number of phosphoric acid groups is 1. The van der Waals surface area contributed by atoms with Crippen LogP contribution in [0.15, 0.2) is 0 Å². The van der Waals surface area contributed by atoms with Crippen LogP contribution in [-0.4, -0.2) is 75.0 Å². The Morgan fingerprint density at radius 2 is 1.15 bits per heavy atom. The monoisotopic (exact) mass is 512 g/mol. The van der Waals surface area contributed by atoms with Crippen molar-refractivity contribution in [2.75, 3.05) is 65.6 Å². The highest BCUT2D eigenvalue weighted by molar-refractivity contribution is 7.99. The van der Waals surface area contributed by atoms with Crippen molar-refractivity contribution in [1.82, 2.24) is 0 Å². The molecular formula is C25H55NO5PS+. The first-order chi connectivity index (χ1) is 15.8. The van der Waals surface area contributed by atoms with Gasteiger partial charge in [-0.3, -0.25) is 9.05 Å². The zero-order valence-corrected chi connectivity index (χ0v) is 23.9. The summed E-state index contributed by atoms with van der Waals surface area (Å²) in [6.45, 7) is 5.27. The topological polar surface area (TPSA) is 65.0 Å². The van der Waals surface area contributed by atoms with Gasteiger partial charge in [-0.1, -0.05) is 71.1 Å². The number of phosphoric ester groups is 1. The van der Waals surface area contributed by atoms with Gasteiger partial charge in [0.05, 0.1) is 27.7 Å². The molecule has 6 nitrogen and oxygen atoms in total. The molecule has 0 fully saturated rings. The number of likely N-dealkylation sites (N-methyl/N-ethyl adjacent to an activating group) is 1. The lowest BCUT2D eigenvalue weighted by atomic mass is 10.1. The Hall–Kier alpha value is 0.380. The summed E-state index contributed by atoms with van der Waals surface area (Å²) in [5.74, 6) is 2.09. The van der Waals surface area contributed by atoms with Crippen LogP contribution < -0.4 is 0 Å². The zero-order chi connectivity index (χ0) is 24.7. The van der Waals surface area contributed by atoms with Gasteiger partial charge in [-0.05, 0) is 37.2 Å². The standard InChI is InChI=1S/C25H54NO5PS/c1-5-6-7-8-9-10-12-15-20-29-21-16-13-11-14-17-24-33-25-18-22-30-32(27,28)31-23-19-26(2,3)4/h5-25H2,1-4H3/p+1. The molecule has 0 amide bonds. The molecule has 0 saturated carbocycles. The Labute approximate surface area is 209 Å². The van der Waals surface area contributed by atoms with Crippen LogP contribution in [0.3, 0.4) is 0 Å². The third kappa shape index (κ3) is 28.5. The van der Waals surface area contributed by atoms with Crippen LogP contribution in [0.4, 0.5) is 0 Å². The van der Waals surface area contributed by atoms with Crippen LogP contribution in [0.5, 0.6) is 0 Å². The number of quaternary nitrogens is 1. The SMILES string of the molecule is CCCCCCCCCCOCCCCCCCSCCCOP(=O)(O)OCC[N+](C)(C)C. The molecule has 0 saturated heterocycles. The molecule has 0 heterocycles. The molecule has 33 heavy (non-hydrogen) atoms. The minimum Gasteiger partial charge on any atom is -0.381 e. The second-order valence-electron chi connectivity index (χ2n) is 9.97. The largest absolute Gasteiger partial charge is 0.472 e. The average molecular weight is 513 g/mol. The summed E-state index contributed by atoms with van der Waals surface area (Å²) < 4.78 is 28.3. The van der Waals surface area contributed by atoms with Gasteiger partial charge in [-0.2, -0.15) is 11.8 Å². The average Bonchev–Trinajstić information content (AvgIpc) is 2.73. The fourth-order valence-corrected chi connectivity index (χ4v) is 4.97. The van der Waals surface area contributed by atoms with Crippen molar-refractivity contribution in [2.24, 2.45) is 0 Å². The molecule has 1 atom stereocenters. The quantitative estimate of drug-likeness (QED) is 0.0760. The number of ether oxygens (including phenoxy) is 1. The van der Waals surface area contributed by atoms with Crippen molar-refractivity contribution in [2.45, 2.75) is 96.8 Å². The van der Waals surface area contributed by atoms with Gasteiger partial charge in [0.15, 0.2) is 0 Å². The molecule has 0 spiro atoms. The van der Waals surface area contributed by atoms with Gasteiger partial charge < -0.3 is 14.1 Å². The minimum absolute atomic E-state index is 0.220. The number of nitrogens with zero attached hydrogens (tertiary/aromatic N) is 1. The van der Waals surface area contributed by atoms with Crippen LogP contribution in [0.1, 0.15) is 96.8 Å². The van der Waals surface area contributed by atoms with E-state index in [0.29, 0.717) is 11.0 Å². The van der Waals surface area contributed by atoms with E-state index in [2.05, 4.69) is 6.92 Å². The predicted molar refractivity (Wildman–Crippen MR) is 143 cm³/mol. The van der Waals surface area contributed by atoms with Crippen LogP contribution >= 0.6 is 19.6 Å². The summed E-state index contributed by atoms with van der Waals surface area (Å²) >= 11 is 1.89. The number of hydrogen-bond acceptors (Lipinski definition) is 5. The van der Waals surface area contributed by atoms with E-state index in [1.807, 2.05) is 32.9 Å². The third-order valence-corrected chi connectivity index (χ3v) is 7.60. The molecule has 0 aliphatic heterocycles. The molecule has 0 aromatic heterocycles. The van der Waals surface area contributed by atoms with Crippen molar-refractivity contribution in [1.29, 1.82) is 0 Å². The fraction of sp³-hybridized carbons (Fsp3) is 1.00.